The van der Waals surface area contributed by atoms with E-state index < -0.39 is 0 Å². The Balaban J connectivity index is 0.00000182. The molecule has 0 saturated carbocycles. The third-order valence-corrected chi connectivity index (χ3v) is 5.51. The molecule has 2 aliphatic rings. The molecule has 0 bridgehead atoms. The molecule has 7 heteroatoms. The maximum atomic E-state index is 12.5. The van der Waals surface area contributed by atoms with Crippen molar-refractivity contribution in [3.8, 4) is 5.75 Å². The molecule has 1 amide bonds. The van der Waals surface area contributed by atoms with E-state index in [1.54, 1.807) is 7.11 Å². The fourth-order valence-electron chi connectivity index (χ4n) is 3.88. The van der Waals surface area contributed by atoms with E-state index >= 15 is 0 Å². The Hall–Kier alpha value is -1.17. The number of carbonyl (C=O) groups is 1. The second-order valence-corrected chi connectivity index (χ2v) is 7.26. The number of likely N-dealkylation sites (tertiary alicyclic amines) is 1. The van der Waals surface area contributed by atoms with Crippen LogP contribution in [0.1, 0.15) is 38.5 Å². The summed E-state index contributed by atoms with van der Waals surface area (Å²) < 4.78 is 5.27. The number of carbonyl (C=O) groups excluding carboxylic acids is 1. The van der Waals surface area contributed by atoms with Crippen LogP contribution in [0.2, 0.25) is 0 Å². The summed E-state index contributed by atoms with van der Waals surface area (Å²) >= 11 is 0. The minimum Gasteiger partial charge on any atom is -0.497 e. The Morgan fingerprint density at radius 2 is 1.89 bits per heavy atom. The number of rotatable bonds is 6. The Labute approximate surface area is 175 Å². The summed E-state index contributed by atoms with van der Waals surface area (Å²) in [4.78, 5) is 14.5. The SMILES string of the molecule is COc1cccc(NC2CCN(C(=O)CCC3CCNCC3)CC2)c1.Cl.Cl. The van der Waals surface area contributed by atoms with Gasteiger partial charge in [0.2, 0.25) is 5.91 Å². The lowest BCUT2D eigenvalue weighted by Gasteiger charge is -2.33. The van der Waals surface area contributed by atoms with Crippen LogP contribution in [0.4, 0.5) is 5.69 Å². The lowest BCUT2D eigenvalue weighted by molar-refractivity contribution is -0.132. The van der Waals surface area contributed by atoms with E-state index in [9.17, 15) is 4.79 Å². The molecular weight excluding hydrogens is 385 g/mol. The predicted octanol–water partition coefficient (Wildman–Crippen LogP) is 3.72. The summed E-state index contributed by atoms with van der Waals surface area (Å²) in [6, 6.07) is 8.48. The van der Waals surface area contributed by atoms with Gasteiger partial charge in [-0.3, -0.25) is 4.79 Å². The molecule has 0 unspecified atom stereocenters. The number of ether oxygens (including phenoxy) is 1. The van der Waals surface area contributed by atoms with Crippen LogP contribution in [0.15, 0.2) is 24.3 Å². The normalized spacial score (nSPS) is 18.2. The van der Waals surface area contributed by atoms with Crippen molar-refractivity contribution in [3.63, 3.8) is 0 Å². The van der Waals surface area contributed by atoms with E-state index in [0.717, 1.165) is 69.2 Å². The smallest absolute Gasteiger partial charge is 0.222 e. The number of nitrogens with one attached hydrogen (secondary N) is 2. The molecule has 2 heterocycles. The number of hydrogen-bond donors (Lipinski definition) is 2. The monoisotopic (exact) mass is 417 g/mol. The molecule has 2 N–H and O–H groups in total. The molecule has 0 aromatic heterocycles. The van der Waals surface area contributed by atoms with Gasteiger partial charge in [-0.25, -0.2) is 0 Å². The largest absolute Gasteiger partial charge is 0.497 e. The molecule has 3 rings (SSSR count). The third-order valence-electron chi connectivity index (χ3n) is 5.51. The van der Waals surface area contributed by atoms with Gasteiger partial charge in [0.25, 0.3) is 0 Å². The lowest BCUT2D eigenvalue weighted by Crippen LogP contribution is -2.42. The second kappa shape index (κ2) is 12.3. The number of methoxy groups -OCH3 is 1. The Bertz CT molecular complexity index is 560. The average Bonchev–Trinajstić information content (AvgIpc) is 2.67. The number of amides is 1. The van der Waals surface area contributed by atoms with E-state index in [2.05, 4.69) is 21.6 Å². The fraction of sp³-hybridized carbons (Fsp3) is 0.650. The molecule has 0 spiro atoms. The Morgan fingerprint density at radius 1 is 1.19 bits per heavy atom. The van der Waals surface area contributed by atoms with E-state index in [4.69, 9.17) is 4.74 Å². The minimum absolute atomic E-state index is 0. The molecule has 1 aromatic rings. The van der Waals surface area contributed by atoms with Crippen molar-refractivity contribution in [2.75, 3.05) is 38.6 Å². The number of benzene rings is 1. The van der Waals surface area contributed by atoms with Crippen molar-refractivity contribution in [3.05, 3.63) is 24.3 Å². The van der Waals surface area contributed by atoms with Crippen molar-refractivity contribution < 1.29 is 9.53 Å². The van der Waals surface area contributed by atoms with Crippen LogP contribution >= 0.6 is 24.8 Å². The van der Waals surface area contributed by atoms with Crippen LogP contribution in [-0.2, 0) is 4.79 Å². The van der Waals surface area contributed by atoms with Crippen molar-refractivity contribution in [2.24, 2.45) is 5.92 Å². The van der Waals surface area contributed by atoms with Crippen LogP contribution in [-0.4, -0.2) is 50.1 Å². The van der Waals surface area contributed by atoms with Crippen molar-refractivity contribution in [1.29, 1.82) is 0 Å². The number of anilines is 1. The van der Waals surface area contributed by atoms with E-state index in [0.29, 0.717) is 11.9 Å². The number of nitrogens with zero attached hydrogens (tertiary/aromatic N) is 1. The molecule has 5 nitrogen and oxygen atoms in total. The quantitative estimate of drug-likeness (QED) is 0.740. The molecule has 0 aliphatic carbocycles. The third kappa shape index (κ3) is 7.40. The van der Waals surface area contributed by atoms with Crippen molar-refractivity contribution >= 4 is 36.4 Å². The van der Waals surface area contributed by atoms with Gasteiger partial charge < -0.3 is 20.3 Å². The molecule has 0 atom stereocenters. The summed E-state index contributed by atoms with van der Waals surface area (Å²) in [5, 5.41) is 6.96. The first-order chi connectivity index (χ1) is 12.2. The summed E-state index contributed by atoms with van der Waals surface area (Å²) in [7, 11) is 1.69. The first kappa shape index (κ1) is 23.9. The van der Waals surface area contributed by atoms with Gasteiger partial charge in [0.05, 0.1) is 7.11 Å². The minimum atomic E-state index is 0. The number of hydrogen-bond acceptors (Lipinski definition) is 4. The van der Waals surface area contributed by atoms with Crippen molar-refractivity contribution in [2.45, 2.75) is 44.6 Å². The highest BCUT2D eigenvalue weighted by Gasteiger charge is 2.23. The van der Waals surface area contributed by atoms with Gasteiger partial charge in [-0.2, -0.15) is 0 Å². The Morgan fingerprint density at radius 3 is 2.56 bits per heavy atom. The summed E-state index contributed by atoms with van der Waals surface area (Å²) in [5.74, 6) is 1.95. The zero-order chi connectivity index (χ0) is 17.5. The van der Waals surface area contributed by atoms with Crippen LogP contribution in [0.25, 0.3) is 0 Å². The van der Waals surface area contributed by atoms with Crippen LogP contribution < -0.4 is 15.4 Å². The van der Waals surface area contributed by atoms with Crippen LogP contribution in [0.3, 0.4) is 0 Å². The van der Waals surface area contributed by atoms with E-state index in [-0.39, 0.29) is 24.8 Å². The van der Waals surface area contributed by atoms with Gasteiger partial charge >= 0.3 is 0 Å². The van der Waals surface area contributed by atoms with Crippen LogP contribution in [0.5, 0.6) is 5.75 Å². The Kier molecular flexibility index (Phi) is 10.9. The number of piperidine rings is 2. The van der Waals surface area contributed by atoms with Gasteiger partial charge in [-0.15, -0.1) is 24.8 Å². The predicted molar refractivity (Wildman–Crippen MR) is 116 cm³/mol. The highest BCUT2D eigenvalue weighted by atomic mass is 35.5. The van der Waals surface area contributed by atoms with E-state index in [1.807, 2.05) is 18.2 Å². The molecule has 27 heavy (non-hydrogen) atoms. The fourth-order valence-corrected chi connectivity index (χ4v) is 3.88. The lowest BCUT2D eigenvalue weighted by atomic mass is 9.93. The average molecular weight is 418 g/mol. The van der Waals surface area contributed by atoms with Gasteiger partial charge in [-0.1, -0.05) is 6.07 Å². The summed E-state index contributed by atoms with van der Waals surface area (Å²) in [6.07, 6.45) is 6.24. The molecule has 0 radical (unpaired) electrons. The van der Waals surface area contributed by atoms with E-state index in [1.165, 1.54) is 12.8 Å². The van der Waals surface area contributed by atoms with Gasteiger partial charge in [0.1, 0.15) is 5.75 Å². The molecular formula is C20H33Cl2N3O2. The summed E-state index contributed by atoms with van der Waals surface area (Å²) in [6.45, 7) is 3.96. The summed E-state index contributed by atoms with van der Waals surface area (Å²) in [5.41, 5.74) is 1.09. The zero-order valence-corrected chi connectivity index (χ0v) is 17.7. The first-order valence-corrected chi connectivity index (χ1v) is 9.63. The zero-order valence-electron chi connectivity index (χ0n) is 16.1. The van der Waals surface area contributed by atoms with Crippen molar-refractivity contribution in [1.82, 2.24) is 10.2 Å². The number of halogens is 2. The topological polar surface area (TPSA) is 53.6 Å². The van der Waals surface area contributed by atoms with Gasteiger partial charge in [0.15, 0.2) is 0 Å². The molecule has 154 valence electrons. The standard InChI is InChI=1S/C20H31N3O2.2ClH/c1-25-19-4-2-3-18(15-19)22-17-9-13-23(14-10-17)20(24)6-5-16-7-11-21-12-8-16;;/h2-4,15-17,21-22H,5-14H2,1H3;2*1H. The second-order valence-electron chi connectivity index (χ2n) is 7.26. The van der Waals surface area contributed by atoms with Gasteiger partial charge in [0, 0.05) is 37.3 Å². The molecule has 2 saturated heterocycles. The van der Waals surface area contributed by atoms with Gasteiger partial charge in [-0.05, 0) is 63.2 Å². The maximum absolute atomic E-state index is 12.5. The maximum Gasteiger partial charge on any atom is 0.222 e. The highest BCUT2D eigenvalue weighted by Crippen LogP contribution is 2.22. The molecule has 2 fully saturated rings. The highest BCUT2D eigenvalue weighted by molar-refractivity contribution is 5.85. The molecule has 2 aliphatic heterocycles. The first-order valence-electron chi connectivity index (χ1n) is 9.63. The van der Waals surface area contributed by atoms with Crippen LogP contribution in [0, 0.1) is 5.92 Å². The molecule has 1 aromatic carbocycles.